The van der Waals surface area contributed by atoms with Crippen LogP contribution in [0.4, 0.5) is 0 Å². The van der Waals surface area contributed by atoms with Crippen LogP contribution in [0.25, 0.3) is 0 Å². The Hall–Kier alpha value is -0.830. The molecule has 1 fully saturated rings. The lowest BCUT2D eigenvalue weighted by molar-refractivity contribution is 0.0748. The molecule has 2 rings (SSSR count). The van der Waals surface area contributed by atoms with E-state index in [4.69, 9.17) is 4.74 Å². The average molecular weight is 325 g/mol. The molecule has 0 bridgehead atoms. The fourth-order valence-electron chi connectivity index (χ4n) is 2.82. The molecule has 0 radical (unpaired) electrons. The summed E-state index contributed by atoms with van der Waals surface area (Å²) in [4.78, 5) is 12.7. The molecule has 3 heteroatoms. The van der Waals surface area contributed by atoms with Gasteiger partial charge in [0.2, 0.25) is 0 Å². The average Bonchev–Trinajstić information content (AvgIpc) is 2.39. The zero-order chi connectivity index (χ0) is 13.9. The summed E-state index contributed by atoms with van der Waals surface area (Å²) in [6.45, 7) is 4.70. The number of Topliss-reactive ketones (excluding diaryl/α,β-unsaturated/α-hetero) is 1. The highest BCUT2D eigenvalue weighted by atomic mass is 79.9. The quantitative estimate of drug-likeness (QED) is 0.728. The van der Waals surface area contributed by atoms with Gasteiger partial charge in [0.05, 0.1) is 6.61 Å². The van der Waals surface area contributed by atoms with E-state index in [1.807, 2.05) is 25.1 Å². The van der Waals surface area contributed by atoms with Crippen LogP contribution in [0.2, 0.25) is 0 Å². The van der Waals surface area contributed by atoms with Gasteiger partial charge >= 0.3 is 0 Å². The fraction of sp³-hybridized carbons (Fsp3) is 0.562. The van der Waals surface area contributed by atoms with Crippen LogP contribution in [-0.4, -0.2) is 12.4 Å². The molecule has 0 aromatic heterocycles. The van der Waals surface area contributed by atoms with Gasteiger partial charge in [-0.05, 0) is 53.9 Å². The molecule has 0 aliphatic heterocycles. The summed E-state index contributed by atoms with van der Waals surface area (Å²) in [5.74, 6) is 1.07. The highest BCUT2D eigenvalue weighted by Crippen LogP contribution is 2.40. The molecule has 1 aromatic carbocycles. The minimum Gasteiger partial charge on any atom is -0.494 e. The van der Waals surface area contributed by atoms with E-state index in [0.717, 1.165) is 41.5 Å². The minimum atomic E-state index is -0.187. The minimum absolute atomic E-state index is 0.187. The van der Waals surface area contributed by atoms with Gasteiger partial charge in [0.25, 0.3) is 0 Å². The van der Waals surface area contributed by atoms with Gasteiger partial charge in [0.15, 0.2) is 5.78 Å². The predicted molar refractivity (Wildman–Crippen MR) is 80.8 cm³/mol. The molecule has 0 N–H and O–H groups in total. The zero-order valence-corrected chi connectivity index (χ0v) is 13.3. The number of benzene rings is 1. The summed E-state index contributed by atoms with van der Waals surface area (Å²) in [6, 6.07) is 5.66. The molecule has 2 nitrogen and oxygen atoms in total. The molecule has 1 aliphatic rings. The van der Waals surface area contributed by atoms with Crippen molar-refractivity contribution >= 4 is 21.7 Å². The Morgan fingerprint density at radius 3 is 2.58 bits per heavy atom. The molecule has 1 aliphatic carbocycles. The van der Waals surface area contributed by atoms with Crippen LogP contribution in [-0.2, 0) is 0 Å². The number of ketones is 1. The lowest BCUT2D eigenvalue weighted by Gasteiger charge is -2.32. The molecule has 0 saturated heterocycles. The first-order valence-corrected chi connectivity index (χ1v) is 7.83. The van der Waals surface area contributed by atoms with E-state index in [1.165, 1.54) is 6.42 Å². The Morgan fingerprint density at radius 2 is 2.00 bits per heavy atom. The van der Waals surface area contributed by atoms with Crippen LogP contribution >= 0.6 is 15.9 Å². The first kappa shape index (κ1) is 14.6. The van der Waals surface area contributed by atoms with E-state index in [2.05, 4.69) is 22.9 Å². The molecule has 19 heavy (non-hydrogen) atoms. The lowest BCUT2D eigenvalue weighted by atomic mass is 9.71. The lowest BCUT2D eigenvalue weighted by Crippen LogP contribution is -2.30. The molecule has 0 amide bonds. The summed E-state index contributed by atoms with van der Waals surface area (Å²) in [7, 11) is 0. The van der Waals surface area contributed by atoms with Crippen molar-refractivity contribution in [2.45, 2.75) is 46.0 Å². The monoisotopic (exact) mass is 324 g/mol. The Morgan fingerprint density at radius 1 is 1.32 bits per heavy atom. The first-order valence-electron chi connectivity index (χ1n) is 7.04. The largest absolute Gasteiger partial charge is 0.494 e. The van der Waals surface area contributed by atoms with Crippen molar-refractivity contribution in [1.82, 2.24) is 0 Å². The van der Waals surface area contributed by atoms with E-state index in [0.29, 0.717) is 6.61 Å². The third kappa shape index (κ3) is 3.19. The summed E-state index contributed by atoms with van der Waals surface area (Å²) in [5, 5.41) is 0. The summed E-state index contributed by atoms with van der Waals surface area (Å²) < 4.78 is 6.29. The first-order chi connectivity index (χ1) is 9.07. The van der Waals surface area contributed by atoms with Crippen molar-refractivity contribution in [2.24, 2.45) is 5.41 Å². The van der Waals surface area contributed by atoms with E-state index in [9.17, 15) is 4.79 Å². The van der Waals surface area contributed by atoms with Crippen molar-refractivity contribution in [2.75, 3.05) is 6.61 Å². The molecule has 0 heterocycles. The van der Waals surface area contributed by atoms with E-state index in [-0.39, 0.29) is 11.2 Å². The molecule has 1 saturated carbocycles. The van der Waals surface area contributed by atoms with Crippen LogP contribution in [0.1, 0.15) is 56.3 Å². The molecule has 1 aromatic rings. The van der Waals surface area contributed by atoms with Crippen molar-refractivity contribution in [1.29, 1.82) is 0 Å². The Bertz CT molecular complexity index is 462. The SMILES string of the molecule is CCOc1ccc(C(=O)C2(C)CCCCC2)c(Br)c1. The molecule has 0 unspecified atom stereocenters. The maximum atomic E-state index is 12.7. The number of halogens is 1. The second kappa shape index (κ2) is 6.08. The summed E-state index contributed by atoms with van der Waals surface area (Å²) in [5.41, 5.74) is 0.598. The predicted octanol–water partition coefficient (Wildman–Crippen LogP) is 5.00. The van der Waals surface area contributed by atoms with Crippen LogP contribution in [0, 0.1) is 5.41 Å². The maximum Gasteiger partial charge on any atom is 0.169 e. The summed E-state index contributed by atoms with van der Waals surface area (Å²) >= 11 is 3.51. The highest BCUT2D eigenvalue weighted by Gasteiger charge is 2.35. The zero-order valence-electron chi connectivity index (χ0n) is 11.7. The second-order valence-corrected chi connectivity index (χ2v) is 6.38. The number of hydrogen-bond acceptors (Lipinski definition) is 2. The molecule has 0 spiro atoms. The normalized spacial score (nSPS) is 18.1. The van der Waals surface area contributed by atoms with Crippen molar-refractivity contribution in [3.63, 3.8) is 0 Å². The number of carbonyl (C=O) groups excluding carboxylic acids is 1. The van der Waals surface area contributed by atoms with Crippen LogP contribution in [0.5, 0.6) is 5.75 Å². The van der Waals surface area contributed by atoms with E-state index >= 15 is 0 Å². The van der Waals surface area contributed by atoms with Gasteiger partial charge in [-0.2, -0.15) is 0 Å². The standard InChI is InChI=1S/C16H21BrO2/c1-3-19-12-7-8-13(14(17)11-12)15(18)16(2)9-5-4-6-10-16/h7-8,11H,3-6,9-10H2,1-2H3. The highest BCUT2D eigenvalue weighted by molar-refractivity contribution is 9.10. The van der Waals surface area contributed by atoms with Gasteiger partial charge in [-0.15, -0.1) is 0 Å². The van der Waals surface area contributed by atoms with Gasteiger partial charge in [-0.1, -0.05) is 26.2 Å². The van der Waals surface area contributed by atoms with Crippen molar-refractivity contribution in [3.8, 4) is 5.75 Å². The molecule has 0 atom stereocenters. The summed E-state index contributed by atoms with van der Waals surface area (Å²) in [6.07, 6.45) is 5.60. The third-order valence-corrected chi connectivity index (χ3v) is 4.66. The number of carbonyl (C=O) groups is 1. The van der Waals surface area contributed by atoms with Crippen LogP contribution < -0.4 is 4.74 Å². The Kier molecular flexibility index (Phi) is 4.67. The van der Waals surface area contributed by atoms with Gasteiger partial charge < -0.3 is 4.74 Å². The molecular formula is C16H21BrO2. The van der Waals surface area contributed by atoms with Gasteiger partial charge in [-0.25, -0.2) is 0 Å². The number of rotatable bonds is 4. The van der Waals surface area contributed by atoms with E-state index in [1.54, 1.807) is 0 Å². The van der Waals surface area contributed by atoms with E-state index < -0.39 is 0 Å². The van der Waals surface area contributed by atoms with Crippen molar-refractivity contribution < 1.29 is 9.53 Å². The maximum absolute atomic E-state index is 12.7. The van der Waals surface area contributed by atoms with Crippen molar-refractivity contribution in [3.05, 3.63) is 28.2 Å². The molecule has 104 valence electrons. The topological polar surface area (TPSA) is 26.3 Å². The van der Waals surface area contributed by atoms with Gasteiger partial charge in [-0.3, -0.25) is 4.79 Å². The second-order valence-electron chi connectivity index (χ2n) is 5.53. The Balaban J connectivity index is 2.23. The Labute approximate surface area is 123 Å². The smallest absolute Gasteiger partial charge is 0.169 e. The van der Waals surface area contributed by atoms with Crippen LogP contribution in [0.3, 0.4) is 0 Å². The fourth-order valence-corrected chi connectivity index (χ4v) is 3.36. The van der Waals surface area contributed by atoms with Crippen LogP contribution in [0.15, 0.2) is 22.7 Å². The van der Waals surface area contributed by atoms with Gasteiger partial charge in [0, 0.05) is 15.5 Å². The third-order valence-electron chi connectivity index (χ3n) is 4.00. The number of ether oxygens (including phenoxy) is 1. The van der Waals surface area contributed by atoms with Gasteiger partial charge in [0.1, 0.15) is 5.75 Å². The number of hydrogen-bond donors (Lipinski definition) is 0. The molecular weight excluding hydrogens is 304 g/mol.